The van der Waals surface area contributed by atoms with E-state index in [-0.39, 0.29) is 4.69 Å². The highest BCUT2D eigenvalue weighted by Crippen LogP contribution is 2.13. The van der Waals surface area contributed by atoms with Crippen LogP contribution in [0.25, 0.3) is 0 Å². The Labute approximate surface area is 63.7 Å². The average Bonchev–Trinajstić information content (AvgIpc) is 1.65. The van der Waals surface area contributed by atoms with Gasteiger partial charge < -0.3 is 4.74 Å². The van der Waals surface area contributed by atoms with Crippen LogP contribution in [-0.2, 0) is 9.53 Å². The Hall–Kier alpha value is 0.110. The quantitative estimate of drug-likeness (QED) is 0.641. The molecule has 0 saturated carbocycles. The molecule has 0 bridgehead atoms. The summed E-state index contributed by atoms with van der Waals surface area (Å²) in [5, 5.41) is 0. The molecule has 9 heavy (non-hydrogen) atoms. The molecule has 0 amide bonds. The molecule has 0 aliphatic rings. The average molecular weight is 195 g/mol. The van der Waals surface area contributed by atoms with Crippen molar-refractivity contribution >= 4 is 20.6 Å². The molecule has 0 rings (SSSR count). The van der Waals surface area contributed by atoms with Crippen LogP contribution in [0.4, 0.5) is 0 Å². The maximum atomic E-state index is 10.6. The lowest BCUT2D eigenvalue weighted by atomic mass is 10.2. The molecule has 54 valence electrons. The van der Waals surface area contributed by atoms with E-state index >= 15 is 0 Å². The second-order valence-corrected chi connectivity index (χ2v) is 2.94. The second-order valence-electron chi connectivity index (χ2n) is 2.22. The molecular weight excluding hydrogens is 184 g/mol. The van der Waals surface area contributed by atoms with Crippen LogP contribution in [0.2, 0.25) is 0 Å². The molecule has 0 aliphatic carbocycles. The van der Waals surface area contributed by atoms with Gasteiger partial charge in [0, 0.05) is 6.61 Å². The molecule has 2 nitrogen and oxygen atoms in total. The molecule has 0 radical (unpaired) electrons. The Kier molecular flexibility index (Phi) is 3.36. The number of ether oxygens (including phenoxy) is 1. The summed E-state index contributed by atoms with van der Waals surface area (Å²) in [6.07, 6.45) is 0. The van der Waals surface area contributed by atoms with E-state index < -0.39 is 5.60 Å². The maximum Gasteiger partial charge on any atom is 0.228 e. The van der Waals surface area contributed by atoms with Gasteiger partial charge in [-0.1, -0.05) is 0 Å². The Morgan fingerprint density at radius 1 is 1.67 bits per heavy atom. The van der Waals surface area contributed by atoms with Crippen LogP contribution in [0.5, 0.6) is 0 Å². The molecule has 0 atom stereocenters. The van der Waals surface area contributed by atoms with Gasteiger partial charge in [-0.05, 0) is 36.7 Å². The molecular formula is C6H11BrO2. The highest BCUT2D eigenvalue weighted by molar-refractivity contribution is 9.18. The van der Waals surface area contributed by atoms with E-state index in [1.807, 2.05) is 6.92 Å². The molecule has 0 unspecified atom stereocenters. The van der Waals surface area contributed by atoms with Gasteiger partial charge in [-0.3, -0.25) is 4.79 Å². The van der Waals surface area contributed by atoms with Gasteiger partial charge in [0.25, 0.3) is 0 Å². The van der Waals surface area contributed by atoms with Crippen LogP contribution in [0.15, 0.2) is 0 Å². The molecule has 0 heterocycles. The third-order valence-corrected chi connectivity index (χ3v) is 1.93. The number of carbonyl (C=O) groups is 1. The predicted octanol–water partition coefficient (Wildman–Crippen LogP) is 1.72. The molecule has 0 aromatic carbocycles. The van der Waals surface area contributed by atoms with Gasteiger partial charge >= 0.3 is 0 Å². The van der Waals surface area contributed by atoms with Gasteiger partial charge in [0.15, 0.2) is 0 Å². The zero-order chi connectivity index (χ0) is 7.49. The number of halogens is 1. The van der Waals surface area contributed by atoms with Crippen molar-refractivity contribution in [1.29, 1.82) is 0 Å². The Bertz CT molecular complexity index is 110. The van der Waals surface area contributed by atoms with Crippen LogP contribution in [0, 0.1) is 0 Å². The molecule has 0 spiro atoms. The largest absolute Gasteiger partial charge is 0.367 e. The van der Waals surface area contributed by atoms with Crippen molar-refractivity contribution in [2.75, 3.05) is 6.61 Å². The molecule has 0 aromatic heterocycles. The third kappa shape index (κ3) is 2.96. The van der Waals surface area contributed by atoms with Gasteiger partial charge in [0.1, 0.15) is 5.60 Å². The minimum atomic E-state index is -0.672. The summed E-state index contributed by atoms with van der Waals surface area (Å²) in [6.45, 7) is 5.88. The van der Waals surface area contributed by atoms with E-state index in [1.165, 1.54) is 0 Å². The summed E-state index contributed by atoms with van der Waals surface area (Å²) >= 11 is 2.83. The zero-order valence-electron chi connectivity index (χ0n) is 5.90. The van der Waals surface area contributed by atoms with Gasteiger partial charge in [-0.2, -0.15) is 0 Å². The first-order chi connectivity index (χ1) is 4.00. The molecule has 0 aromatic rings. The molecule has 0 saturated heterocycles. The lowest BCUT2D eigenvalue weighted by Crippen LogP contribution is -2.30. The monoisotopic (exact) mass is 194 g/mol. The number of hydrogen-bond donors (Lipinski definition) is 0. The van der Waals surface area contributed by atoms with Crippen molar-refractivity contribution in [3.8, 4) is 0 Å². The SMILES string of the molecule is CCOC(C)(C)C(=O)Br. The van der Waals surface area contributed by atoms with Gasteiger partial charge in [-0.15, -0.1) is 0 Å². The summed E-state index contributed by atoms with van der Waals surface area (Å²) in [7, 11) is 0. The highest BCUT2D eigenvalue weighted by Gasteiger charge is 2.24. The van der Waals surface area contributed by atoms with Gasteiger partial charge in [0.05, 0.1) is 0 Å². The van der Waals surface area contributed by atoms with Crippen molar-refractivity contribution in [2.45, 2.75) is 26.4 Å². The standard InChI is InChI=1S/C6H11BrO2/c1-4-9-6(2,3)5(7)8/h4H2,1-3H3. The van der Waals surface area contributed by atoms with E-state index in [2.05, 4.69) is 15.9 Å². The van der Waals surface area contributed by atoms with E-state index in [0.717, 1.165) is 0 Å². The van der Waals surface area contributed by atoms with Crippen LogP contribution in [0.3, 0.4) is 0 Å². The van der Waals surface area contributed by atoms with Crippen LogP contribution in [-0.4, -0.2) is 16.9 Å². The minimum absolute atomic E-state index is 0.114. The summed E-state index contributed by atoms with van der Waals surface area (Å²) in [5.41, 5.74) is -0.672. The summed E-state index contributed by atoms with van der Waals surface area (Å²) in [6, 6.07) is 0. The highest BCUT2D eigenvalue weighted by atomic mass is 79.9. The Morgan fingerprint density at radius 2 is 2.11 bits per heavy atom. The van der Waals surface area contributed by atoms with Gasteiger partial charge in [0.2, 0.25) is 4.69 Å². The fraction of sp³-hybridized carbons (Fsp3) is 0.833. The topological polar surface area (TPSA) is 26.3 Å². The first-order valence-corrected chi connectivity index (χ1v) is 3.64. The third-order valence-electron chi connectivity index (χ3n) is 0.979. The van der Waals surface area contributed by atoms with E-state index in [0.29, 0.717) is 6.61 Å². The first-order valence-electron chi connectivity index (χ1n) is 2.84. The van der Waals surface area contributed by atoms with E-state index in [9.17, 15) is 4.79 Å². The second kappa shape index (κ2) is 3.32. The maximum absolute atomic E-state index is 10.6. The first kappa shape index (κ1) is 9.11. The number of hydrogen-bond acceptors (Lipinski definition) is 2. The fourth-order valence-electron chi connectivity index (χ4n) is 0.418. The lowest BCUT2D eigenvalue weighted by molar-refractivity contribution is -0.129. The van der Waals surface area contributed by atoms with Crippen molar-refractivity contribution in [3.63, 3.8) is 0 Å². The molecule has 0 N–H and O–H groups in total. The number of carbonyl (C=O) groups excluding carboxylic acids is 1. The van der Waals surface area contributed by atoms with Crippen LogP contribution < -0.4 is 0 Å². The number of rotatable bonds is 3. The smallest absolute Gasteiger partial charge is 0.228 e. The van der Waals surface area contributed by atoms with E-state index in [1.54, 1.807) is 13.8 Å². The zero-order valence-corrected chi connectivity index (χ0v) is 7.49. The van der Waals surface area contributed by atoms with Crippen LogP contribution in [0.1, 0.15) is 20.8 Å². The van der Waals surface area contributed by atoms with E-state index in [4.69, 9.17) is 4.74 Å². The van der Waals surface area contributed by atoms with Gasteiger partial charge in [-0.25, -0.2) is 0 Å². The van der Waals surface area contributed by atoms with Crippen molar-refractivity contribution < 1.29 is 9.53 Å². The Morgan fingerprint density at radius 3 is 2.22 bits per heavy atom. The molecule has 0 aliphatic heterocycles. The summed E-state index contributed by atoms with van der Waals surface area (Å²) in [4.78, 5) is 10.6. The fourth-order valence-corrected chi connectivity index (χ4v) is 0.532. The summed E-state index contributed by atoms with van der Waals surface area (Å²) < 4.78 is 4.98. The predicted molar refractivity (Wildman–Crippen MR) is 39.6 cm³/mol. The minimum Gasteiger partial charge on any atom is -0.367 e. The lowest BCUT2D eigenvalue weighted by Gasteiger charge is -2.18. The van der Waals surface area contributed by atoms with Crippen molar-refractivity contribution in [2.24, 2.45) is 0 Å². The Balaban J connectivity index is 3.85. The van der Waals surface area contributed by atoms with Crippen LogP contribution >= 0.6 is 15.9 Å². The molecule has 0 fully saturated rings. The van der Waals surface area contributed by atoms with Crippen molar-refractivity contribution in [1.82, 2.24) is 0 Å². The normalized spacial score (nSPS) is 11.6. The summed E-state index contributed by atoms with van der Waals surface area (Å²) in [5.74, 6) is 0. The molecule has 3 heteroatoms. The van der Waals surface area contributed by atoms with Crippen molar-refractivity contribution in [3.05, 3.63) is 0 Å².